The van der Waals surface area contributed by atoms with Gasteiger partial charge >= 0.3 is 0 Å². The molecule has 0 saturated carbocycles. The predicted molar refractivity (Wildman–Crippen MR) is 143 cm³/mol. The number of ether oxygens (including phenoxy) is 3. The van der Waals surface area contributed by atoms with Gasteiger partial charge in [0.15, 0.2) is 11.5 Å². The fourth-order valence-corrected chi connectivity index (χ4v) is 4.84. The number of rotatable bonds is 13. The van der Waals surface area contributed by atoms with Crippen molar-refractivity contribution in [3.8, 4) is 17.2 Å². The van der Waals surface area contributed by atoms with Crippen LogP contribution in [0.2, 0.25) is 0 Å². The summed E-state index contributed by atoms with van der Waals surface area (Å²) in [6.45, 7) is 6.58. The summed E-state index contributed by atoms with van der Waals surface area (Å²) in [7, 11) is -4.02. The van der Waals surface area contributed by atoms with Gasteiger partial charge in [0.2, 0.25) is 0 Å². The number of amides is 1. The van der Waals surface area contributed by atoms with E-state index in [0.29, 0.717) is 48.3 Å². The van der Waals surface area contributed by atoms with Crippen molar-refractivity contribution in [2.45, 2.75) is 25.7 Å². The second kappa shape index (κ2) is 13.3. The van der Waals surface area contributed by atoms with Crippen LogP contribution in [0.25, 0.3) is 0 Å². The number of anilines is 1. The van der Waals surface area contributed by atoms with Crippen LogP contribution in [0.3, 0.4) is 0 Å². The van der Waals surface area contributed by atoms with Gasteiger partial charge in [-0.15, -0.1) is 0 Å². The van der Waals surface area contributed by atoms with Crippen LogP contribution in [0.15, 0.2) is 82.8 Å². The lowest BCUT2D eigenvalue weighted by Gasteiger charge is -2.24. The Morgan fingerprint density at radius 2 is 1.51 bits per heavy atom. The highest BCUT2D eigenvalue weighted by molar-refractivity contribution is 7.92. The van der Waals surface area contributed by atoms with Gasteiger partial charge in [0.25, 0.3) is 15.9 Å². The summed E-state index contributed by atoms with van der Waals surface area (Å²) < 4.78 is 44.5. The number of hydrogen-bond donors (Lipinski definition) is 1. The number of hydrogen-bond acceptors (Lipinski definition) is 7. The Morgan fingerprint density at radius 1 is 0.865 bits per heavy atom. The Morgan fingerprint density at radius 3 is 2.16 bits per heavy atom. The van der Waals surface area contributed by atoms with Crippen LogP contribution < -0.4 is 23.9 Å². The first-order chi connectivity index (χ1) is 17.9. The number of nitrogens with one attached hydrogen (secondary N) is 1. The standard InChI is InChI=1S/C27H31N3O6S/c1-4-34-23-15-13-22(14-16-23)30(37(32,33)24-10-8-7-9-11-24)20-27(31)29-28-19-21-12-17-25(35-5-2)26(18-21)36-6-3/h7-19H,4-6,20H2,1-3H3,(H,29,31)/b28-19-. The molecule has 0 atom stereocenters. The first-order valence-electron chi connectivity index (χ1n) is 11.9. The van der Waals surface area contributed by atoms with Crippen molar-refractivity contribution in [1.82, 2.24) is 5.43 Å². The number of nitrogens with zero attached hydrogens (tertiary/aromatic N) is 2. The number of carbonyl (C=O) groups is 1. The summed E-state index contributed by atoms with van der Waals surface area (Å²) >= 11 is 0. The monoisotopic (exact) mass is 525 g/mol. The lowest BCUT2D eigenvalue weighted by molar-refractivity contribution is -0.119. The SMILES string of the molecule is CCOc1ccc(N(CC(=O)N/N=C\c2ccc(OCC)c(OCC)c2)S(=O)(=O)c2ccccc2)cc1. The van der Waals surface area contributed by atoms with E-state index in [1.54, 1.807) is 60.7 Å². The number of sulfonamides is 1. The van der Waals surface area contributed by atoms with Gasteiger partial charge in [0.1, 0.15) is 12.3 Å². The van der Waals surface area contributed by atoms with Crippen LogP contribution >= 0.6 is 0 Å². The van der Waals surface area contributed by atoms with E-state index in [1.807, 2.05) is 20.8 Å². The molecule has 37 heavy (non-hydrogen) atoms. The molecule has 1 N–H and O–H groups in total. The largest absolute Gasteiger partial charge is 0.494 e. The quantitative estimate of drug-likeness (QED) is 0.264. The predicted octanol–water partition coefficient (Wildman–Crippen LogP) is 4.23. The molecule has 10 heteroatoms. The van der Waals surface area contributed by atoms with Crippen LogP contribution in [0.5, 0.6) is 17.2 Å². The fourth-order valence-electron chi connectivity index (χ4n) is 3.40. The maximum atomic E-state index is 13.4. The minimum absolute atomic E-state index is 0.0676. The van der Waals surface area contributed by atoms with Gasteiger partial charge in [-0.1, -0.05) is 18.2 Å². The van der Waals surface area contributed by atoms with Crippen LogP contribution in [0.1, 0.15) is 26.3 Å². The first-order valence-corrected chi connectivity index (χ1v) is 13.3. The van der Waals surface area contributed by atoms with Crippen molar-refractivity contribution in [2.24, 2.45) is 5.10 Å². The Balaban J connectivity index is 1.79. The van der Waals surface area contributed by atoms with Gasteiger partial charge in [-0.05, 0) is 80.9 Å². The van der Waals surface area contributed by atoms with Crippen molar-refractivity contribution >= 4 is 27.8 Å². The summed E-state index contributed by atoms with van der Waals surface area (Å²) in [4.78, 5) is 12.8. The molecule has 0 aliphatic heterocycles. The van der Waals surface area contributed by atoms with E-state index in [-0.39, 0.29) is 4.90 Å². The van der Waals surface area contributed by atoms with Crippen molar-refractivity contribution < 1.29 is 27.4 Å². The Labute approximate surface area is 217 Å². The zero-order valence-electron chi connectivity index (χ0n) is 21.1. The summed E-state index contributed by atoms with van der Waals surface area (Å²) in [6, 6.07) is 19.7. The van der Waals surface area contributed by atoms with Crippen molar-refractivity contribution in [3.05, 3.63) is 78.4 Å². The highest BCUT2D eigenvalue weighted by Crippen LogP contribution is 2.28. The number of hydrazone groups is 1. The van der Waals surface area contributed by atoms with Gasteiger partial charge in [0.05, 0.1) is 36.6 Å². The van der Waals surface area contributed by atoms with E-state index >= 15 is 0 Å². The number of benzene rings is 3. The molecule has 3 aromatic carbocycles. The average Bonchev–Trinajstić information content (AvgIpc) is 2.90. The third kappa shape index (κ3) is 7.47. The highest BCUT2D eigenvalue weighted by atomic mass is 32.2. The molecule has 0 saturated heterocycles. The van der Waals surface area contributed by atoms with E-state index in [1.165, 1.54) is 18.3 Å². The summed E-state index contributed by atoms with van der Waals surface area (Å²) in [6.07, 6.45) is 1.45. The normalized spacial score (nSPS) is 11.2. The molecule has 0 radical (unpaired) electrons. The lowest BCUT2D eigenvalue weighted by Crippen LogP contribution is -2.39. The van der Waals surface area contributed by atoms with Gasteiger partial charge in [-0.25, -0.2) is 13.8 Å². The average molecular weight is 526 g/mol. The third-order valence-electron chi connectivity index (χ3n) is 5.02. The maximum Gasteiger partial charge on any atom is 0.264 e. The topological polar surface area (TPSA) is 107 Å². The van der Waals surface area contributed by atoms with Crippen molar-refractivity contribution in [1.29, 1.82) is 0 Å². The van der Waals surface area contributed by atoms with E-state index in [0.717, 1.165) is 4.31 Å². The molecule has 0 aliphatic rings. The second-order valence-corrected chi connectivity index (χ2v) is 9.48. The molecule has 196 valence electrons. The van der Waals surface area contributed by atoms with Gasteiger partial charge in [-0.3, -0.25) is 9.10 Å². The second-order valence-electron chi connectivity index (χ2n) is 7.62. The van der Waals surface area contributed by atoms with Gasteiger partial charge in [0, 0.05) is 0 Å². The van der Waals surface area contributed by atoms with Gasteiger partial charge in [-0.2, -0.15) is 5.10 Å². The van der Waals surface area contributed by atoms with E-state index < -0.39 is 22.5 Å². The highest BCUT2D eigenvalue weighted by Gasteiger charge is 2.27. The molecule has 9 nitrogen and oxygen atoms in total. The Hall–Kier alpha value is -4.05. The van der Waals surface area contributed by atoms with E-state index in [9.17, 15) is 13.2 Å². The zero-order chi connectivity index (χ0) is 26.7. The van der Waals surface area contributed by atoms with Crippen LogP contribution in [-0.4, -0.2) is 46.9 Å². The molecule has 0 spiro atoms. The molecular weight excluding hydrogens is 494 g/mol. The van der Waals surface area contributed by atoms with Crippen LogP contribution in [-0.2, 0) is 14.8 Å². The van der Waals surface area contributed by atoms with E-state index in [2.05, 4.69) is 10.5 Å². The summed E-state index contributed by atoms with van der Waals surface area (Å²) in [5.41, 5.74) is 3.40. The van der Waals surface area contributed by atoms with Crippen molar-refractivity contribution in [2.75, 3.05) is 30.7 Å². The third-order valence-corrected chi connectivity index (χ3v) is 6.81. The van der Waals surface area contributed by atoms with E-state index in [4.69, 9.17) is 14.2 Å². The molecule has 0 heterocycles. The van der Waals surface area contributed by atoms with Crippen molar-refractivity contribution in [3.63, 3.8) is 0 Å². The van der Waals surface area contributed by atoms with Gasteiger partial charge < -0.3 is 14.2 Å². The molecule has 3 rings (SSSR count). The fraction of sp³-hybridized carbons (Fsp3) is 0.259. The Kier molecular flexibility index (Phi) is 9.91. The summed E-state index contributed by atoms with van der Waals surface area (Å²) in [5.74, 6) is 1.16. The molecule has 0 aromatic heterocycles. The Bertz CT molecular complexity index is 1300. The minimum atomic E-state index is -4.02. The smallest absolute Gasteiger partial charge is 0.264 e. The minimum Gasteiger partial charge on any atom is -0.494 e. The summed E-state index contributed by atoms with van der Waals surface area (Å²) in [5, 5.41) is 4.00. The van der Waals surface area contributed by atoms with Crippen LogP contribution in [0, 0.1) is 0 Å². The molecule has 0 unspecified atom stereocenters. The molecule has 3 aromatic rings. The first kappa shape index (κ1) is 27.5. The number of carbonyl (C=O) groups excluding carboxylic acids is 1. The zero-order valence-corrected chi connectivity index (χ0v) is 21.9. The molecule has 0 aliphatic carbocycles. The maximum absolute atomic E-state index is 13.4. The molecule has 0 bridgehead atoms. The lowest BCUT2D eigenvalue weighted by atomic mass is 10.2. The molecular formula is C27H31N3O6S. The molecule has 1 amide bonds. The van der Waals surface area contributed by atoms with Crippen LogP contribution in [0.4, 0.5) is 5.69 Å². The molecule has 0 fully saturated rings.